The second kappa shape index (κ2) is 2.99. The number of carbonyl (C=O) groups is 1. The molecule has 0 amide bonds. The van der Waals surface area contributed by atoms with Crippen molar-refractivity contribution in [2.45, 2.75) is 0 Å². The van der Waals surface area contributed by atoms with Crippen molar-refractivity contribution >= 4 is 17.1 Å². The largest absolute Gasteiger partial charge is 0.481 e. The Balaban J connectivity index is 2.76. The molecule has 6 heteroatoms. The molecular weight excluding hydrogens is 188 g/mol. The van der Waals surface area contributed by atoms with Crippen LogP contribution in [0.2, 0.25) is 0 Å². The molecule has 0 fully saturated rings. The maximum absolute atomic E-state index is 10.8. The van der Waals surface area contributed by atoms with Crippen LogP contribution in [-0.2, 0) is 0 Å². The van der Waals surface area contributed by atoms with E-state index in [1.165, 1.54) is 19.4 Å². The molecule has 0 radical (unpaired) electrons. The Morgan fingerprint density at radius 1 is 1.64 bits per heavy atom. The molecule has 2 rings (SSSR count). The first-order valence-corrected chi connectivity index (χ1v) is 3.75. The fraction of sp³-hybridized carbons (Fsp3) is 0.125. The van der Waals surface area contributed by atoms with Crippen molar-refractivity contribution in [3.63, 3.8) is 0 Å². The highest BCUT2D eigenvalue weighted by Gasteiger charge is 2.14. The molecule has 2 aromatic heterocycles. The molecule has 0 aliphatic carbocycles. The van der Waals surface area contributed by atoms with Crippen molar-refractivity contribution < 1.29 is 19.2 Å². The topological polar surface area (TPSA) is 85.5 Å². The summed E-state index contributed by atoms with van der Waals surface area (Å²) in [7, 11) is 1.40. The molecule has 0 aliphatic rings. The first-order chi connectivity index (χ1) is 6.72. The second-order valence-corrected chi connectivity index (χ2v) is 2.56. The Bertz CT molecular complexity index is 491. The average Bonchev–Trinajstić information content (AvgIpc) is 2.63. The van der Waals surface area contributed by atoms with Gasteiger partial charge in [0.25, 0.3) is 5.71 Å². The molecular formula is C8H6N2O4. The van der Waals surface area contributed by atoms with Crippen molar-refractivity contribution in [3.8, 4) is 5.88 Å². The van der Waals surface area contributed by atoms with E-state index >= 15 is 0 Å². The monoisotopic (exact) mass is 194 g/mol. The van der Waals surface area contributed by atoms with Crippen LogP contribution in [0.1, 0.15) is 10.4 Å². The third kappa shape index (κ3) is 1.17. The molecule has 0 saturated carbocycles. The average molecular weight is 194 g/mol. The van der Waals surface area contributed by atoms with E-state index in [2.05, 4.69) is 10.1 Å². The third-order valence-electron chi connectivity index (χ3n) is 1.76. The van der Waals surface area contributed by atoms with Gasteiger partial charge < -0.3 is 14.4 Å². The summed E-state index contributed by atoms with van der Waals surface area (Å²) in [6.07, 6.45) is 1.31. The highest BCUT2D eigenvalue weighted by atomic mass is 16.5. The lowest BCUT2D eigenvalue weighted by molar-refractivity contribution is 0.0698. The minimum Gasteiger partial charge on any atom is -0.481 e. The molecule has 2 aromatic rings. The predicted molar refractivity (Wildman–Crippen MR) is 45.3 cm³/mol. The van der Waals surface area contributed by atoms with Crippen molar-refractivity contribution in [2.75, 3.05) is 7.11 Å². The number of hydrogen-bond acceptors (Lipinski definition) is 5. The minimum absolute atomic E-state index is 0.0631. The highest BCUT2D eigenvalue weighted by molar-refractivity contribution is 6.01. The number of aromatic nitrogens is 2. The van der Waals surface area contributed by atoms with Crippen LogP contribution in [0, 0.1) is 0 Å². The standard InChI is InChI=1S/C8H6N2O4/c1-13-6-2-4(8(11)12)5-3-9-14-7(5)10-6/h2-3H,1H3,(H,11,12). The SMILES string of the molecule is COc1cc(C(=O)O)c2cnoc2n1. The van der Waals surface area contributed by atoms with Gasteiger partial charge in [-0.15, -0.1) is 0 Å². The molecule has 0 aliphatic heterocycles. The summed E-state index contributed by atoms with van der Waals surface area (Å²) in [6.45, 7) is 0. The van der Waals surface area contributed by atoms with E-state index in [4.69, 9.17) is 14.4 Å². The summed E-state index contributed by atoms with van der Waals surface area (Å²) in [5.74, 6) is -0.884. The van der Waals surface area contributed by atoms with Crippen LogP contribution in [0.5, 0.6) is 5.88 Å². The predicted octanol–water partition coefficient (Wildman–Crippen LogP) is 0.930. The minimum atomic E-state index is -1.07. The first-order valence-electron chi connectivity index (χ1n) is 3.75. The number of hydrogen-bond donors (Lipinski definition) is 1. The molecule has 2 heterocycles. The van der Waals surface area contributed by atoms with Gasteiger partial charge in [0, 0.05) is 6.07 Å². The zero-order chi connectivity index (χ0) is 10.1. The molecule has 6 nitrogen and oxygen atoms in total. The van der Waals surface area contributed by atoms with Crippen LogP contribution in [-0.4, -0.2) is 28.3 Å². The molecule has 0 unspecified atom stereocenters. The number of rotatable bonds is 2. The van der Waals surface area contributed by atoms with E-state index in [-0.39, 0.29) is 17.2 Å². The van der Waals surface area contributed by atoms with Gasteiger partial charge in [-0.1, -0.05) is 5.16 Å². The van der Waals surface area contributed by atoms with Gasteiger partial charge in [0.1, 0.15) is 0 Å². The van der Waals surface area contributed by atoms with Gasteiger partial charge in [-0.05, 0) is 0 Å². The Morgan fingerprint density at radius 2 is 2.43 bits per heavy atom. The van der Waals surface area contributed by atoms with Gasteiger partial charge >= 0.3 is 5.97 Å². The molecule has 0 spiro atoms. The highest BCUT2D eigenvalue weighted by Crippen LogP contribution is 2.21. The van der Waals surface area contributed by atoms with Gasteiger partial charge in [0.2, 0.25) is 5.88 Å². The number of fused-ring (bicyclic) bond motifs is 1. The summed E-state index contributed by atoms with van der Waals surface area (Å²) >= 11 is 0. The van der Waals surface area contributed by atoms with E-state index in [1.807, 2.05) is 0 Å². The molecule has 0 saturated heterocycles. The molecule has 72 valence electrons. The second-order valence-electron chi connectivity index (χ2n) is 2.56. The maximum Gasteiger partial charge on any atom is 0.336 e. The van der Waals surface area contributed by atoms with Gasteiger partial charge in [-0.3, -0.25) is 0 Å². The molecule has 1 N–H and O–H groups in total. The molecule has 14 heavy (non-hydrogen) atoms. The van der Waals surface area contributed by atoms with Gasteiger partial charge in [-0.2, -0.15) is 4.98 Å². The fourth-order valence-electron chi connectivity index (χ4n) is 1.11. The lowest BCUT2D eigenvalue weighted by Gasteiger charge is -1.99. The van der Waals surface area contributed by atoms with Crippen LogP contribution in [0.25, 0.3) is 11.1 Å². The summed E-state index contributed by atoms with van der Waals surface area (Å²) in [5.41, 5.74) is 0.217. The number of aromatic carboxylic acids is 1. The lowest BCUT2D eigenvalue weighted by atomic mass is 10.2. The van der Waals surface area contributed by atoms with Crippen molar-refractivity contribution in [2.24, 2.45) is 0 Å². The van der Waals surface area contributed by atoms with Crippen LogP contribution >= 0.6 is 0 Å². The Kier molecular flexibility index (Phi) is 1.81. The number of ether oxygens (including phenoxy) is 1. The van der Waals surface area contributed by atoms with Gasteiger partial charge in [-0.25, -0.2) is 4.79 Å². The molecule has 0 atom stereocenters. The van der Waals surface area contributed by atoms with Crippen molar-refractivity contribution in [1.82, 2.24) is 10.1 Å². The zero-order valence-corrected chi connectivity index (χ0v) is 7.22. The maximum atomic E-state index is 10.8. The molecule has 0 bridgehead atoms. The van der Waals surface area contributed by atoms with E-state index in [0.717, 1.165) is 0 Å². The van der Waals surface area contributed by atoms with Crippen LogP contribution in [0.3, 0.4) is 0 Å². The number of nitrogens with zero attached hydrogens (tertiary/aromatic N) is 2. The summed E-state index contributed by atoms with van der Waals surface area (Å²) < 4.78 is 9.57. The van der Waals surface area contributed by atoms with E-state index in [1.54, 1.807) is 0 Å². The van der Waals surface area contributed by atoms with Crippen LogP contribution in [0.4, 0.5) is 0 Å². The quantitative estimate of drug-likeness (QED) is 0.765. The number of carboxylic acid groups (broad SMARTS) is 1. The van der Waals surface area contributed by atoms with E-state index in [9.17, 15) is 4.79 Å². The molecule has 0 aromatic carbocycles. The van der Waals surface area contributed by atoms with Crippen molar-refractivity contribution in [3.05, 3.63) is 17.8 Å². The van der Waals surface area contributed by atoms with Crippen LogP contribution in [0.15, 0.2) is 16.8 Å². The van der Waals surface area contributed by atoms with E-state index < -0.39 is 5.97 Å². The summed E-state index contributed by atoms with van der Waals surface area (Å²) in [6, 6.07) is 1.32. The lowest BCUT2D eigenvalue weighted by Crippen LogP contribution is -1.99. The summed E-state index contributed by atoms with van der Waals surface area (Å²) in [4.78, 5) is 14.7. The Hall–Kier alpha value is -2.11. The number of pyridine rings is 1. The smallest absolute Gasteiger partial charge is 0.336 e. The Morgan fingerprint density at radius 3 is 3.07 bits per heavy atom. The normalized spacial score (nSPS) is 10.4. The van der Waals surface area contributed by atoms with Crippen molar-refractivity contribution in [1.29, 1.82) is 0 Å². The van der Waals surface area contributed by atoms with E-state index in [0.29, 0.717) is 5.39 Å². The number of carboxylic acids is 1. The Labute approximate surface area is 78.1 Å². The number of methoxy groups -OCH3 is 1. The fourth-order valence-corrected chi connectivity index (χ4v) is 1.11. The van der Waals surface area contributed by atoms with Gasteiger partial charge in [0.15, 0.2) is 0 Å². The zero-order valence-electron chi connectivity index (χ0n) is 7.22. The first kappa shape index (κ1) is 8.49. The summed E-state index contributed by atoms with van der Waals surface area (Å²) in [5, 5.41) is 12.7. The van der Waals surface area contributed by atoms with Gasteiger partial charge in [0.05, 0.1) is 24.3 Å². The third-order valence-corrected chi connectivity index (χ3v) is 1.76. The van der Waals surface area contributed by atoms with Crippen LogP contribution < -0.4 is 4.74 Å².